The number of amides is 2. The average Bonchev–Trinajstić information content (AvgIpc) is 3.84. The summed E-state index contributed by atoms with van der Waals surface area (Å²) in [6.45, 7) is 14.4. The molecule has 0 radical (unpaired) electrons. The number of nitrogens with one attached hydrogen (secondary N) is 2. The molecule has 326 valence electrons. The van der Waals surface area contributed by atoms with Crippen molar-refractivity contribution in [2.75, 3.05) is 51.2 Å². The van der Waals surface area contributed by atoms with Crippen molar-refractivity contribution in [2.24, 2.45) is 11.8 Å². The van der Waals surface area contributed by atoms with Gasteiger partial charge in [0.2, 0.25) is 0 Å². The van der Waals surface area contributed by atoms with Crippen molar-refractivity contribution in [3.05, 3.63) is 111 Å². The zero-order chi connectivity index (χ0) is 44.2. The molecule has 3 atom stereocenters. The molecule has 6 aromatic rings. The fourth-order valence-corrected chi connectivity index (χ4v) is 11.3. The van der Waals surface area contributed by atoms with Gasteiger partial charge < -0.3 is 29.9 Å². The van der Waals surface area contributed by atoms with Crippen molar-refractivity contribution < 1.29 is 19.1 Å². The van der Waals surface area contributed by atoms with E-state index in [-0.39, 0.29) is 23.9 Å². The second-order valence-electron chi connectivity index (χ2n) is 17.5. The van der Waals surface area contributed by atoms with Crippen LogP contribution >= 0.6 is 22.7 Å². The van der Waals surface area contributed by atoms with Gasteiger partial charge in [-0.3, -0.25) is 19.6 Å². The zero-order valence-electron chi connectivity index (χ0n) is 37.7. The van der Waals surface area contributed by atoms with Gasteiger partial charge in [0.25, 0.3) is 11.8 Å². The number of fused-ring (bicyclic) bond motifs is 4. The lowest BCUT2D eigenvalue weighted by atomic mass is 9.92. The Balaban J connectivity index is 0.000000186. The summed E-state index contributed by atoms with van der Waals surface area (Å²) < 4.78 is 13.7. The molecule has 0 spiro atoms. The van der Waals surface area contributed by atoms with E-state index < -0.39 is 0 Å². The van der Waals surface area contributed by atoms with Gasteiger partial charge in [-0.25, -0.2) is 0 Å². The van der Waals surface area contributed by atoms with E-state index in [2.05, 4.69) is 74.3 Å². The molecule has 0 bridgehead atoms. The number of para-hydroxylation sites is 2. The van der Waals surface area contributed by atoms with Crippen LogP contribution in [-0.2, 0) is 0 Å². The molecule has 2 N–H and O–H groups in total. The minimum Gasteiger partial charge on any atom is -0.493 e. The molecular weight excluding hydrogens is 813 g/mol. The van der Waals surface area contributed by atoms with Crippen LogP contribution in [0.4, 0.5) is 11.4 Å². The molecule has 2 aliphatic rings. The van der Waals surface area contributed by atoms with E-state index in [9.17, 15) is 9.59 Å². The van der Waals surface area contributed by atoms with E-state index in [0.717, 1.165) is 84.1 Å². The number of allylic oxidation sites excluding steroid dienone is 2. The lowest BCUT2D eigenvalue weighted by Gasteiger charge is -2.26. The molecule has 0 saturated heterocycles. The van der Waals surface area contributed by atoms with Gasteiger partial charge in [-0.1, -0.05) is 77.1 Å². The largest absolute Gasteiger partial charge is 0.493 e. The van der Waals surface area contributed by atoms with Crippen LogP contribution in [0, 0.1) is 11.8 Å². The molecule has 4 aromatic heterocycles. The highest BCUT2D eigenvalue weighted by Crippen LogP contribution is 2.43. The van der Waals surface area contributed by atoms with Crippen LogP contribution in [0.1, 0.15) is 120 Å². The van der Waals surface area contributed by atoms with E-state index >= 15 is 0 Å². The fraction of sp³-hybridized carbons (Fsp3) is 0.400. The molecule has 2 amide bonds. The Bertz CT molecular complexity index is 2590. The SMILES string of the molecule is C/C(=C\C(C)C)c1ccnc2c(N(C)C)c(C(=O)N[C@H]3CCOc4ccccc43)sc12.CC(C)CC(C)c1ccnc2c(N(C)C)c(C(=O)N[C@H]3CCOc4ccccc43)sc12. The van der Waals surface area contributed by atoms with E-state index in [0.29, 0.717) is 35.8 Å². The Labute approximate surface area is 374 Å². The van der Waals surface area contributed by atoms with Crippen molar-refractivity contribution in [3.63, 3.8) is 0 Å². The smallest absolute Gasteiger partial charge is 0.264 e. The topological polar surface area (TPSA) is 109 Å². The number of anilines is 2. The Morgan fingerprint density at radius 1 is 0.726 bits per heavy atom. The van der Waals surface area contributed by atoms with Gasteiger partial charge in [-0.05, 0) is 72.1 Å². The Kier molecular flexibility index (Phi) is 13.9. The van der Waals surface area contributed by atoms with Crippen LogP contribution < -0.4 is 29.9 Å². The number of ether oxygens (including phenoxy) is 2. The van der Waals surface area contributed by atoms with Crippen LogP contribution in [0.2, 0.25) is 0 Å². The highest BCUT2D eigenvalue weighted by Gasteiger charge is 2.30. The Morgan fingerprint density at radius 2 is 1.21 bits per heavy atom. The third kappa shape index (κ3) is 9.46. The van der Waals surface area contributed by atoms with Crippen molar-refractivity contribution >= 4 is 71.9 Å². The minimum atomic E-state index is -0.0650. The summed E-state index contributed by atoms with van der Waals surface area (Å²) in [5, 5.41) is 6.52. The molecule has 8 rings (SSSR count). The summed E-state index contributed by atoms with van der Waals surface area (Å²) in [5.41, 5.74) is 9.27. The number of hydrogen-bond donors (Lipinski definition) is 2. The van der Waals surface area contributed by atoms with E-state index in [1.807, 2.05) is 105 Å². The number of carbonyl (C=O) groups is 2. The second-order valence-corrected chi connectivity index (χ2v) is 19.5. The number of carbonyl (C=O) groups excluding carboxylic acids is 2. The molecule has 62 heavy (non-hydrogen) atoms. The zero-order valence-corrected chi connectivity index (χ0v) is 39.3. The first-order valence-corrected chi connectivity index (χ1v) is 23.3. The first-order valence-electron chi connectivity index (χ1n) is 21.6. The van der Waals surface area contributed by atoms with Crippen molar-refractivity contribution in [1.29, 1.82) is 0 Å². The summed E-state index contributed by atoms with van der Waals surface area (Å²) in [6.07, 6.45) is 8.60. The van der Waals surface area contributed by atoms with Gasteiger partial charge >= 0.3 is 0 Å². The third-order valence-electron chi connectivity index (χ3n) is 11.3. The lowest BCUT2D eigenvalue weighted by molar-refractivity contribution is 0.0920. The monoisotopic (exact) mass is 872 g/mol. The molecule has 2 aliphatic heterocycles. The van der Waals surface area contributed by atoms with Gasteiger partial charge in [-0.2, -0.15) is 0 Å². The maximum atomic E-state index is 13.5. The standard InChI is InChI=1S/C25H31N3O2S.C25H29N3O2S/c2*1-15(2)14-16(3)17-10-12-26-21-22(28(4)5)24(31-23(17)21)25(29)27-19-11-13-30-20-9-7-6-8-18(19)20/h6-10,12,15-16,19H,11,13-14H2,1-5H3,(H,27,29);6-10,12,14-15,19H,11,13H2,1-5H3,(H,27,29)/b;16-14+/t16?,19-;19-/m00/s1. The predicted octanol–water partition coefficient (Wildman–Crippen LogP) is 11.4. The Morgan fingerprint density at radius 3 is 1.71 bits per heavy atom. The molecule has 0 saturated carbocycles. The van der Waals surface area contributed by atoms with Gasteiger partial charge in [0.1, 0.15) is 32.3 Å². The summed E-state index contributed by atoms with van der Waals surface area (Å²) in [6, 6.07) is 19.9. The van der Waals surface area contributed by atoms with Gasteiger partial charge in [0.05, 0.1) is 46.1 Å². The van der Waals surface area contributed by atoms with Crippen LogP contribution in [0.25, 0.3) is 26.0 Å². The summed E-state index contributed by atoms with van der Waals surface area (Å²) in [7, 11) is 7.89. The van der Waals surface area contributed by atoms with Gasteiger partial charge in [0, 0.05) is 64.6 Å². The number of pyridine rings is 2. The molecule has 12 heteroatoms. The highest BCUT2D eigenvalue weighted by atomic mass is 32.1. The number of aromatic nitrogens is 2. The fourth-order valence-electron chi connectivity index (χ4n) is 8.67. The van der Waals surface area contributed by atoms with Crippen LogP contribution in [0.3, 0.4) is 0 Å². The predicted molar refractivity (Wildman–Crippen MR) is 258 cm³/mol. The molecule has 0 fully saturated rings. The number of nitrogens with zero attached hydrogens (tertiary/aromatic N) is 4. The quantitative estimate of drug-likeness (QED) is 0.132. The lowest BCUT2D eigenvalue weighted by Crippen LogP contribution is -2.32. The maximum Gasteiger partial charge on any atom is 0.264 e. The van der Waals surface area contributed by atoms with Crippen LogP contribution in [0.15, 0.2) is 79.1 Å². The molecule has 10 nitrogen and oxygen atoms in total. The molecule has 0 aliphatic carbocycles. The number of hydrogen-bond acceptors (Lipinski definition) is 10. The number of benzene rings is 2. The maximum absolute atomic E-state index is 13.5. The molecule has 6 heterocycles. The first-order chi connectivity index (χ1) is 29.7. The summed E-state index contributed by atoms with van der Waals surface area (Å²) in [5.74, 6) is 3.07. The van der Waals surface area contributed by atoms with E-state index in [1.165, 1.54) is 22.5 Å². The van der Waals surface area contributed by atoms with Crippen molar-refractivity contribution in [2.45, 2.75) is 78.8 Å². The van der Waals surface area contributed by atoms with Gasteiger partial charge in [0.15, 0.2) is 0 Å². The second kappa shape index (κ2) is 19.3. The van der Waals surface area contributed by atoms with E-state index in [1.54, 1.807) is 11.3 Å². The molecular formula is C50H60N6O4S2. The molecule has 1 unspecified atom stereocenters. The summed E-state index contributed by atoms with van der Waals surface area (Å²) >= 11 is 3.09. The first kappa shape index (κ1) is 44.6. The molecule has 2 aromatic carbocycles. The third-order valence-corrected chi connectivity index (χ3v) is 13.7. The normalized spacial score (nSPS) is 16.4. The number of thiophene rings is 2. The van der Waals surface area contributed by atoms with Crippen LogP contribution in [-0.4, -0.2) is 63.2 Å². The summed E-state index contributed by atoms with van der Waals surface area (Å²) in [4.78, 5) is 41.7. The van der Waals surface area contributed by atoms with Crippen molar-refractivity contribution in [1.82, 2.24) is 20.6 Å². The van der Waals surface area contributed by atoms with Crippen molar-refractivity contribution in [3.8, 4) is 11.5 Å². The van der Waals surface area contributed by atoms with E-state index in [4.69, 9.17) is 9.47 Å². The Hall–Kier alpha value is -5.46. The van der Waals surface area contributed by atoms with Gasteiger partial charge in [-0.15, -0.1) is 22.7 Å². The number of rotatable bonds is 11. The average molecular weight is 873 g/mol. The van der Waals surface area contributed by atoms with Crippen LogP contribution in [0.5, 0.6) is 11.5 Å². The highest BCUT2D eigenvalue weighted by molar-refractivity contribution is 7.22. The minimum absolute atomic E-state index is 0.0455.